The number of pyridine rings is 2. The van der Waals surface area contributed by atoms with Gasteiger partial charge in [0.05, 0.1) is 16.8 Å². The average Bonchev–Trinajstić information content (AvgIpc) is 3.23. The summed E-state index contributed by atoms with van der Waals surface area (Å²) in [4.78, 5) is 21.4. The third-order valence-electron chi connectivity index (χ3n) is 4.93. The van der Waals surface area contributed by atoms with Gasteiger partial charge in [-0.05, 0) is 54.1 Å². The molecule has 0 saturated carbocycles. The van der Waals surface area contributed by atoms with E-state index in [1.165, 1.54) is 12.1 Å². The monoisotopic (exact) mass is 409 g/mol. The van der Waals surface area contributed by atoms with E-state index in [1.807, 2.05) is 42.5 Å². The van der Waals surface area contributed by atoms with Crippen LogP contribution in [-0.2, 0) is 0 Å². The Morgan fingerprint density at radius 3 is 2.45 bits per heavy atom. The van der Waals surface area contributed by atoms with Crippen LogP contribution in [0.3, 0.4) is 0 Å². The molecular formula is C24H16FN5O. The van der Waals surface area contributed by atoms with Gasteiger partial charge in [-0.1, -0.05) is 24.3 Å². The number of para-hydroxylation sites is 1. The maximum Gasteiger partial charge on any atom is 0.275 e. The zero-order chi connectivity index (χ0) is 21.2. The van der Waals surface area contributed by atoms with Crippen LogP contribution in [0.2, 0.25) is 0 Å². The topological polar surface area (TPSA) is 83.6 Å². The molecule has 2 aromatic carbocycles. The minimum Gasteiger partial charge on any atom is -0.303 e. The first kappa shape index (κ1) is 18.6. The van der Waals surface area contributed by atoms with E-state index in [2.05, 4.69) is 25.5 Å². The summed E-state index contributed by atoms with van der Waals surface area (Å²) in [7, 11) is 0. The van der Waals surface area contributed by atoms with Gasteiger partial charge in [0.1, 0.15) is 11.5 Å². The number of rotatable bonds is 4. The minimum atomic E-state index is -0.377. The lowest BCUT2D eigenvalue weighted by molar-refractivity contribution is 0.102. The van der Waals surface area contributed by atoms with Gasteiger partial charge in [0, 0.05) is 23.3 Å². The average molecular weight is 409 g/mol. The minimum absolute atomic E-state index is 0.283. The van der Waals surface area contributed by atoms with Crippen molar-refractivity contribution in [2.45, 2.75) is 0 Å². The van der Waals surface area contributed by atoms with Crippen LogP contribution in [0, 0.1) is 5.82 Å². The van der Waals surface area contributed by atoms with Crippen LogP contribution in [0.25, 0.3) is 33.3 Å². The number of benzene rings is 2. The molecule has 7 heteroatoms. The molecule has 6 nitrogen and oxygen atoms in total. The van der Waals surface area contributed by atoms with Crippen LogP contribution in [0.15, 0.2) is 85.2 Å². The standard InChI is InChI=1S/C24H16FN5O/c25-18-8-5-17(6-9-18)22-21(16-11-13-26-14-12-16)23(30-29-22)28-24(31)20-10-7-15-3-1-2-4-19(15)27-20/h1-14H,(H2,28,29,30,31). The molecule has 150 valence electrons. The maximum atomic E-state index is 13.4. The summed E-state index contributed by atoms with van der Waals surface area (Å²) in [6.07, 6.45) is 3.32. The Labute approximate surface area is 176 Å². The zero-order valence-electron chi connectivity index (χ0n) is 16.2. The molecule has 0 atom stereocenters. The molecule has 0 bridgehead atoms. The predicted octanol–water partition coefficient (Wildman–Crippen LogP) is 5.08. The van der Waals surface area contributed by atoms with Gasteiger partial charge in [0.15, 0.2) is 5.82 Å². The summed E-state index contributed by atoms with van der Waals surface area (Å²) >= 11 is 0. The molecule has 5 aromatic rings. The van der Waals surface area contributed by atoms with Crippen LogP contribution in [0.4, 0.5) is 10.2 Å². The molecule has 0 fully saturated rings. The summed E-state index contributed by atoms with van der Waals surface area (Å²) < 4.78 is 13.4. The highest BCUT2D eigenvalue weighted by atomic mass is 19.1. The normalized spacial score (nSPS) is 10.9. The Kier molecular flexibility index (Phi) is 4.68. The Bertz CT molecular complexity index is 1380. The second-order valence-corrected chi connectivity index (χ2v) is 6.91. The van der Waals surface area contributed by atoms with E-state index in [0.717, 1.165) is 22.0 Å². The highest BCUT2D eigenvalue weighted by Crippen LogP contribution is 2.36. The van der Waals surface area contributed by atoms with Gasteiger partial charge in [-0.15, -0.1) is 0 Å². The van der Waals surface area contributed by atoms with Crippen molar-refractivity contribution < 1.29 is 9.18 Å². The van der Waals surface area contributed by atoms with Crippen molar-refractivity contribution in [3.63, 3.8) is 0 Å². The number of hydrogen-bond acceptors (Lipinski definition) is 4. The van der Waals surface area contributed by atoms with E-state index in [4.69, 9.17) is 0 Å². The molecule has 0 spiro atoms. The lowest BCUT2D eigenvalue weighted by atomic mass is 10.0. The van der Waals surface area contributed by atoms with Gasteiger partial charge in [-0.25, -0.2) is 9.37 Å². The van der Waals surface area contributed by atoms with E-state index in [0.29, 0.717) is 17.1 Å². The van der Waals surface area contributed by atoms with Crippen LogP contribution in [0.5, 0.6) is 0 Å². The molecule has 31 heavy (non-hydrogen) atoms. The smallest absolute Gasteiger partial charge is 0.275 e. The third-order valence-corrected chi connectivity index (χ3v) is 4.93. The van der Waals surface area contributed by atoms with Gasteiger partial charge in [0.2, 0.25) is 0 Å². The third kappa shape index (κ3) is 3.64. The largest absolute Gasteiger partial charge is 0.303 e. The van der Waals surface area contributed by atoms with Crippen molar-refractivity contribution in [1.29, 1.82) is 0 Å². The number of amides is 1. The fraction of sp³-hybridized carbons (Fsp3) is 0. The maximum absolute atomic E-state index is 13.4. The van der Waals surface area contributed by atoms with E-state index in [9.17, 15) is 9.18 Å². The number of hydrogen-bond donors (Lipinski definition) is 2. The number of aromatic nitrogens is 4. The molecule has 0 aliphatic heterocycles. The number of anilines is 1. The molecule has 0 unspecified atom stereocenters. The Morgan fingerprint density at radius 2 is 1.65 bits per heavy atom. The Morgan fingerprint density at radius 1 is 0.871 bits per heavy atom. The number of H-pyrrole nitrogens is 1. The second-order valence-electron chi connectivity index (χ2n) is 6.91. The molecule has 1 amide bonds. The molecular weight excluding hydrogens is 393 g/mol. The van der Waals surface area contributed by atoms with Crippen LogP contribution in [0.1, 0.15) is 10.5 Å². The van der Waals surface area contributed by atoms with Gasteiger partial charge in [-0.2, -0.15) is 5.10 Å². The predicted molar refractivity (Wildman–Crippen MR) is 117 cm³/mol. The number of aromatic amines is 1. The van der Waals surface area contributed by atoms with E-state index < -0.39 is 0 Å². The molecule has 3 aromatic heterocycles. The van der Waals surface area contributed by atoms with Crippen molar-refractivity contribution in [3.8, 4) is 22.4 Å². The Hall–Kier alpha value is -4.39. The quantitative estimate of drug-likeness (QED) is 0.434. The van der Waals surface area contributed by atoms with Gasteiger partial charge >= 0.3 is 0 Å². The summed E-state index contributed by atoms with van der Waals surface area (Å²) in [5.74, 6) is -0.353. The van der Waals surface area contributed by atoms with Crippen molar-refractivity contribution in [2.75, 3.05) is 5.32 Å². The number of halogens is 1. The van der Waals surface area contributed by atoms with Crippen molar-refractivity contribution in [1.82, 2.24) is 20.2 Å². The lowest BCUT2D eigenvalue weighted by Crippen LogP contribution is -2.14. The van der Waals surface area contributed by atoms with Crippen molar-refractivity contribution >= 4 is 22.6 Å². The number of fused-ring (bicyclic) bond motifs is 1. The molecule has 0 radical (unpaired) electrons. The summed E-state index contributed by atoms with van der Waals surface area (Å²) in [6.45, 7) is 0. The summed E-state index contributed by atoms with van der Waals surface area (Å²) in [5, 5.41) is 11.1. The zero-order valence-corrected chi connectivity index (χ0v) is 16.2. The number of nitrogens with one attached hydrogen (secondary N) is 2. The van der Waals surface area contributed by atoms with E-state index >= 15 is 0 Å². The van der Waals surface area contributed by atoms with Crippen LogP contribution in [-0.4, -0.2) is 26.1 Å². The first-order chi connectivity index (χ1) is 15.2. The molecule has 2 N–H and O–H groups in total. The number of carbonyl (C=O) groups is 1. The molecule has 5 rings (SSSR count). The SMILES string of the molecule is O=C(Nc1n[nH]c(-c2ccc(F)cc2)c1-c1ccncc1)c1ccc2ccccc2n1. The van der Waals surface area contributed by atoms with E-state index in [-0.39, 0.29) is 17.4 Å². The lowest BCUT2D eigenvalue weighted by Gasteiger charge is -2.08. The van der Waals surface area contributed by atoms with Gasteiger partial charge < -0.3 is 5.32 Å². The van der Waals surface area contributed by atoms with Crippen LogP contribution < -0.4 is 5.32 Å². The molecule has 0 saturated heterocycles. The number of carbonyl (C=O) groups excluding carboxylic acids is 1. The highest BCUT2D eigenvalue weighted by Gasteiger charge is 2.20. The summed E-state index contributed by atoms with van der Waals surface area (Å²) in [5.41, 5.74) is 3.91. The van der Waals surface area contributed by atoms with Gasteiger partial charge in [-0.3, -0.25) is 14.9 Å². The highest BCUT2D eigenvalue weighted by molar-refractivity contribution is 6.06. The van der Waals surface area contributed by atoms with E-state index in [1.54, 1.807) is 30.6 Å². The fourth-order valence-electron chi connectivity index (χ4n) is 3.42. The summed E-state index contributed by atoms with van der Waals surface area (Å²) in [6, 6.07) is 20.8. The van der Waals surface area contributed by atoms with Crippen LogP contribution >= 0.6 is 0 Å². The number of nitrogens with zero attached hydrogens (tertiary/aromatic N) is 3. The first-order valence-corrected chi connectivity index (χ1v) is 9.61. The van der Waals surface area contributed by atoms with Crippen molar-refractivity contribution in [2.24, 2.45) is 0 Å². The van der Waals surface area contributed by atoms with Gasteiger partial charge in [0.25, 0.3) is 5.91 Å². The second kappa shape index (κ2) is 7.79. The molecule has 0 aliphatic carbocycles. The molecule has 0 aliphatic rings. The Balaban J connectivity index is 1.55. The first-order valence-electron chi connectivity index (χ1n) is 9.61. The molecule has 3 heterocycles. The fourth-order valence-corrected chi connectivity index (χ4v) is 3.42. The van der Waals surface area contributed by atoms with Crippen molar-refractivity contribution in [3.05, 3.63) is 96.7 Å².